The monoisotopic (exact) mass is 503 g/mol. The summed E-state index contributed by atoms with van der Waals surface area (Å²) in [6.07, 6.45) is 4.61. The predicted octanol–water partition coefficient (Wildman–Crippen LogP) is 5.29. The number of nitrogens with two attached hydrogens (primary N) is 1. The molecule has 0 spiro atoms. The van der Waals surface area contributed by atoms with E-state index >= 15 is 0 Å². The zero-order valence-corrected chi connectivity index (χ0v) is 20.3. The molecule has 1 atom stereocenters. The van der Waals surface area contributed by atoms with Crippen LogP contribution in [0.4, 0.5) is 16.2 Å². The molecule has 0 saturated heterocycles. The lowest BCUT2D eigenvalue weighted by Crippen LogP contribution is -2.26. The van der Waals surface area contributed by atoms with E-state index in [1.54, 1.807) is 29.1 Å². The number of rotatable bonds is 5. The van der Waals surface area contributed by atoms with Gasteiger partial charge in [-0.25, -0.2) is 24.3 Å². The highest BCUT2D eigenvalue weighted by molar-refractivity contribution is 5.96. The second-order valence-electron chi connectivity index (χ2n) is 8.87. The van der Waals surface area contributed by atoms with Crippen LogP contribution < -0.4 is 16.6 Å². The highest BCUT2D eigenvalue weighted by atomic mass is 19.1. The topological polar surface area (TPSA) is 112 Å². The van der Waals surface area contributed by atoms with Gasteiger partial charge in [0.25, 0.3) is 5.56 Å². The summed E-state index contributed by atoms with van der Waals surface area (Å²) in [6.45, 7) is 1.91. The van der Waals surface area contributed by atoms with E-state index in [-0.39, 0.29) is 11.5 Å². The first kappa shape index (κ1) is 23.2. The molecule has 6 rings (SSSR count). The Kier molecular flexibility index (Phi) is 5.72. The van der Waals surface area contributed by atoms with E-state index in [1.165, 1.54) is 12.4 Å². The van der Waals surface area contributed by atoms with Crippen molar-refractivity contribution in [1.29, 1.82) is 0 Å². The molecule has 0 bridgehead atoms. The molecular formula is C29H22FN7O. The number of anilines is 2. The van der Waals surface area contributed by atoms with Crippen molar-refractivity contribution in [3.8, 4) is 16.8 Å². The highest BCUT2D eigenvalue weighted by Crippen LogP contribution is 2.31. The van der Waals surface area contributed by atoms with E-state index in [4.69, 9.17) is 5.73 Å². The number of hydrogen-bond donors (Lipinski definition) is 2. The van der Waals surface area contributed by atoms with Crippen molar-refractivity contribution >= 4 is 33.4 Å². The third-order valence-electron chi connectivity index (χ3n) is 6.48. The molecule has 6 aromatic rings. The van der Waals surface area contributed by atoms with Crippen LogP contribution in [-0.2, 0) is 0 Å². The fourth-order valence-corrected chi connectivity index (χ4v) is 4.72. The summed E-state index contributed by atoms with van der Waals surface area (Å²) < 4.78 is 16.4. The second-order valence-corrected chi connectivity index (χ2v) is 8.87. The maximum atomic E-state index is 14.8. The zero-order chi connectivity index (χ0) is 26.2. The molecule has 8 nitrogen and oxygen atoms in total. The minimum atomic E-state index is -0.424. The van der Waals surface area contributed by atoms with Gasteiger partial charge in [0.05, 0.1) is 22.3 Å². The number of nitrogens with zero attached hydrogens (tertiary/aromatic N) is 5. The molecule has 0 radical (unpaired) electrons. The number of hydrogen-bond acceptors (Lipinski definition) is 7. The Balaban J connectivity index is 1.57. The molecule has 3 aromatic carbocycles. The predicted molar refractivity (Wildman–Crippen MR) is 147 cm³/mol. The van der Waals surface area contributed by atoms with Crippen LogP contribution in [0.1, 0.15) is 18.7 Å². The quantitative estimate of drug-likeness (QED) is 0.329. The number of halogens is 1. The number of aromatic nitrogens is 5. The van der Waals surface area contributed by atoms with Gasteiger partial charge in [-0.3, -0.25) is 9.36 Å². The van der Waals surface area contributed by atoms with Gasteiger partial charge in [0.2, 0.25) is 5.95 Å². The van der Waals surface area contributed by atoms with Crippen LogP contribution in [0.5, 0.6) is 0 Å². The highest BCUT2D eigenvalue weighted by Gasteiger charge is 2.20. The molecule has 3 aromatic heterocycles. The molecule has 3 heterocycles. The van der Waals surface area contributed by atoms with Gasteiger partial charge >= 0.3 is 0 Å². The minimum Gasteiger partial charge on any atom is -0.368 e. The van der Waals surface area contributed by atoms with Gasteiger partial charge in [-0.15, -0.1) is 0 Å². The Bertz CT molecular complexity index is 1850. The van der Waals surface area contributed by atoms with Crippen molar-refractivity contribution in [2.45, 2.75) is 13.0 Å². The van der Waals surface area contributed by atoms with E-state index in [2.05, 4.69) is 25.3 Å². The summed E-state index contributed by atoms with van der Waals surface area (Å²) in [5, 5.41) is 4.88. The van der Waals surface area contributed by atoms with E-state index in [9.17, 15) is 9.18 Å². The molecule has 0 saturated carbocycles. The van der Waals surface area contributed by atoms with Crippen molar-refractivity contribution in [2.75, 3.05) is 11.1 Å². The van der Waals surface area contributed by atoms with Gasteiger partial charge < -0.3 is 11.1 Å². The van der Waals surface area contributed by atoms with Gasteiger partial charge in [-0.2, -0.15) is 0 Å². The number of nitrogens with one attached hydrogen (secondary N) is 1. The van der Waals surface area contributed by atoms with Crippen molar-refractivity contribution in [2.24, 2.45) is 0 Å². The summed E-state index contributed by atoms with van der Waals surface area (Å²) in [4.78, 5) is 30.9. The third-order valence-corrected chi connectivity index (χ3v) is 6.48. The standard InChI is InChI=1S/C29H22FN7O/c1-17(36-27-26-22(30)11-6-12-23(26)34-16-35-27)24-13-18-7-5-10-21(19-14-32-29(31)33-15-19)25(18)28(38)37(24)20-8-3-2-4-9-20/h2-17H,1H3,(H2,31,32,33)(H,34,35,36). The number of benzene rings is 3. The lowest BCUT2D eigenvalue weighted by atomic mass is 9.99. The first-order valence-electron chi connectivity index (χ1n) is 12.0. The van der Waals surface area contributed by atoms with Crippen molar-refractivity contribution in [3.05, 3.63) is 113 Å². The van der Waals surface area contributed by atoms with Gasteiger partial charge in [-0.1, -0.05) is 42.5 Å². The fourth-order valence-electron chi connectivity index (χ4n) is 4.72. The lowest BCUT2D eigenvalue weighted by molar-refractivity contribution is 0.639. The molecule has 9 heteroatoms. The lowest BCUT2D eigenvalue weighted by Gasteiger charge is -2.22. The van der Waals surface area contributed by atoms with Gasteiger partial charge in [0.15, 0.2) is 0 Å². The summed E-state index contributed by atoms with van der Waals surface area (Å²) in [7, 11) is 0. The normalized spacial score (nSPS) is 12.1. The Labute approximate surface area is 216 Å². The molecule has 0 aliphatic rings. The van der Waals surface area contributed by atoms with Crippen LogP contribution in [0.25, 0.3) is 38.5 Å². The molecule has 1 unspecified atom stereocenters. The maximum absolute atomic E-state index is 14.8. The first-order chi connectivity index (χ1) is 18.5. The number of nitrogen functional groups attached to an aromatic ring is 1. The van der Waals surface area contributed by atoms with Crippen LogP contribution in [0.3, 0.4) is 0 Å². The molecule has 0 fully saturated rings. The van der Waals surface area contributed by atoms with Crippen molar-refractivity contribution < 1.29 is 4.39 Å². The van der Waals surface area contributed by atoms with Gasteiger partial charge in [0.1, 0.15) is 18.0 Å². The Morgan fingerprint density at radius 2 is 1.66 bits per heavy atom. The average molecular weight is 504 g/mol. The molecule has 3 N–H and O–H groups in total. The zero-order valence-electron chi connectivity index (χ0n) is 20.3. The Hall–Kier alpha value is -5.18. The van der Waals surface area contributed by atoms with E-state index < -0.39 is 11.9 Å². The molecule has 0 aliphatic heterocycles. The number of pyridine rings is 1. The van der Waals surface area contributed by atoms with E-state index in [1.807, 2.05) is 61.5 Å². The molecular weight excluding hydrogens is 481 g/mol. The first-order valence-corrected chi connectivity index (χ1v) is 12.0. The maximum Gasteiger partial charge on any atom is 0.263 e. The average Bonchev–Trinajstić information content (AvgIpc) is 2.93. The number of fused-ring (bicyclic) bond motifs is 2. The molecule has 186 valence electrons. The molecule has 0 aliphatic carbocycles. The SMILES string of the molecule is CC(Nc1ncnc2cccc(F)c12)c1cc2cccc(-c3cnc(N)nc3)c2c(=O)n1-c1ccccc1. The Morgan fingerprint density at radius 3 is 2.45 bits per heavy atom. The van der Waals surface area contributed by atoms with E-state index in [0.29, 0.717) is 44.6 Å². The molecule has 38 heavy (non-hydrogen) atoms. The van der Waals surface area contributed by atoms with Gasteiger partial charge in [0, 0.05) is 29.3 Å². The van der Waals surface area contributed by atoms with Gasteiger partial charge in [-0.05, 0) is 48.2 Å². The molecule has 0 amide bonds. The minimum absolute atomic E-state index is 0.159. The summed E-state index contributed by atoms with van der Waals surface area (Å²) in [6, 6.07) is 21.3. The number of para-hydroxylation sites is 1. The second kappa shape index (κ2) is 9.36. The summed E-state index contributed by atoms with van der Waals surface area (Å²) in [5.74, 6) is 0.0826. The van der Waals surface area contributed by atoms with Crippen LogP contribution in [0, 0.1) is 5.82 Å². The summed E-state index contributed by atoms with van der Waals surface area (Å²) in [5.41, 5.74) is 8.73. The van der Waals surface area contributed by atoms with Crippen LogP contribution in [0.2, 0.25) is 0 Å². The Morgan fingerprint density at radius 1 is 0.895 bits per heavy atom. The smallest absolute Gasteiger partial charge is 0.263 e. The van der Waals surface area contributed by atoms with Crippen molar-refractivity contribution in [1.82, 2.24) is 24.5 Å². The third kappa shape index (κ3) is 4.00. The largest absolute Gasteiger partial charge is 0.368 e. The van der Waals surface area contributed by atoms with Crippen molar-refractivity contribution in [3.63, 3.8) is 0 Å². The van der Waals surface area contributed by atoms with E-state index in [0.717, 1.165) is 5.39 Å². The van der Waals surface area contributed by atoms with Crippen LogP contribution in [-0.4, -0.2) is 24.5 Å². The summed E-state index contributed by atoms with van der Waals surface area (Å²) >= 11 is 0. The van der Waals surface area contributed by atoms with Crippen LogP contribution in [0.15, 0.2) is 96.3 Å². The fraction of sp³-hybridized carbons (Fsp3) is 0.0690. The van der Waals surface area contributed by atoms with Crippen LogP contribution >= 0.6 is 0 Å².